The van der Waals surface area contributed by atoms with Gasteiger partial charge in [0.2, 0.25) is 16.7 Å². The molecular weight excluding hydrogens is 372 g/mol. The van der Waals surface area contributed by atoms with Crippen molar-refractivity contribution in [2.75, 3.05) is 0 Å². The minimum Gasteiger partial charge on any atom is -0.744 e. The van der Waals surface area contributed by atoms with Crippen LogP contribution in [0.1, 0.15) is 0 Å². The van der Waals surface area contributed by atoms with Gasteiger partial charge >= 0.3 is 0 Å². The number of aromatic nitrogens is 2. The number of nitrogens with zero attached hydrogens (tertiary/aromatic N) is 2. The molecule has 0 fully saturated rings. The number of benzene rings is 4. The van der Waals surface area contributed by atoms with Crippen molar-refractivity contribution in [1.29, 1.82) is 0 Å². The van der Waals surface area contributed by atoms with Crippen molar-refractivity contribution in [3.63, 3.8) is 0 Å². The lowest BCUT2D eigenvalue weighted by atomic mass is 10.1. The van der Waals surface area contributed by atoms with Gasteiger partial charge in [0.25, 0.3) is 0 Å². The normalized spacial score (nSPS) is 12.0. The Bertz CT molecular complexity index is 1480. The lowest BCUT2D eigenvalue weighted by molar-refractivity contribution is -0.538. The van der Waals surface area contributed by atoms with E-state index in [1.54, 1.807) is 6.07 Å². The first-order chi connectivity index (χ1) is 13.5. The zero-order valence-corrected chi connectivity index (χ0v) is 15.4. The van der Waals surface area contributed by atoms with Gasteiger partial charge in [0, 0.05) is 29.7 Å². The molecule has 0 unspecified atom stereocenters. The maximum atomic E-state index is 11.4. The second kappa shape index (κ2) is 6.09. The summed E-state index contributed by atoms with van der Waals surface area (Å²) in [4.78, 5) is 4.60. The molecule has 0 N–H and O–H groups in total. The molecule has 5 rings (SSSR count). The Balaban J connectivity index is 1.95. The Morgan fingerprint density at radius 2 is 1.54 bits per heavy atom. The van der Waals surface area contributed by atoms with Crippen LogP contribution in [0.15, 0.2) is 89.8 Å². The average molecular weight is 386 g/mol. The summed E-state index contributed by atoms with van der Waals surface area (Å²) in [6.45, 7) is 0. The molecule has 0 aliphatic carbocycles. The van der Waals surface area contributed by atoms with Crippen LogP contribution in [0.25, 0.3) is 38.5 Å². The van der Waals surface area contributed by atoms with Crippen LogP contribution in [0.4, 0.5) is 0 Å². The summed E-state index contributed by atoms with van der Waals surface area (Å²) < 4.78 is 36.3. The van der Waals surface area contributed by atoms with Crippen molar-refractivity contribution < 1.29 is 17.5 Å². The molecule has 0 amide bonds. The van der Waals surface area contributed by atoms with E-state index < -0.39 is 10.1 Å². The Labute approximate surface area is 161 Å². The van der Waals surface area contributed by atoms with Gasteiger partial charge in [-0.15, -0.1) is 4.57 Å². The minimum absolute atomic E-state index is 0.240. The highest BCUT2D eigenvalue weighted by molar-refractivity contribution is 7.85. The van der Waals surface area contributed by atoms with Crippen LogP contribution in [0, 0.1) is 0 Å². The van der Waals surface area contributed by atoms with E-state index in [0.29, 0.717) is 5.39 Å². The van der Waals surface area contributed by atoms with Crippen LogP contribution < -0.4 is 4.57 Å². The Morgan fingerprint density at radius 1 is 0.786 bits per heavy atom. The van der Waals surface area contributed by atoms with Crippen molar-refractivity contribution in [3.8, 4) is 5.69 Å². The molecule has 0 aliphatic rings. The van der Waals surface area contributed by atoms with E-state index in [0.717, 1.165) is 33.1 Å². The van der Waals surface area contributed by atoms with E-state index in [1.807, 2.05) is 66.7 Å². The Hall–Kier alpha value is -3.35. The SMILES string of the molecule is O=S(=O)([O-])c1ccc2c(ccc3c2nc2ccccc2[n+]3-c2ccccc2)c1. The molecule has 0 saturated carbocycles. The number of rotatable bonds is 2. The van der Waals surface area contributed by atoms with Gasteiger partial charge < -0.3 is 4.55 Å². The fraction of sp³-hybridized carbons (Fsp3) is 0. The first kappa shape index (κ1) is 16.8. The highest BCUT2D eigenvalue weighted by atomic mass is 32.2. The lowest BCUT2D eigenvalue weighted by Gasteiger charge is -2.10. The average Bonchev–Trinajstić information content (AvgIpc) is 2.71. The standard InChI is InChI=1S/C22H14N2O3S/c25-28(26,27)17-11-12-18-15(14-17)10-13-21-22(18)23-19-8-4-5-9-20(19)24(21)16-6-2-1-3-7-16/h1-14H. The highest BCUT2D eigenvalue weighted by Gasteiger charge is 2.20. The molecular formula is C22H14N2O3S. The molecule has 5 nitrogen and oxygen atoms in total. The van der Waals surface area contributed by atoms with Crippen molar-refractivity contribution in [1.82, 2.24) is 4.98 Å². The maximum absolute atomic E-state index is 11.4. The molecule has 136 valence electrons. The first-order valence-corrected chi connectivity index (χ1v) is 10.1. The quantitative estimate of drug-likeness (QED) is 0.201. The van der Waals surface area contributed by atoms with E-state index in [-0.39, 0.29) is 4.90 Å². The summed E-state index contributed by atoms with van der Waals surface area (Å²) in [5.41, 5.74) is 4.44. The summed E-state index contributed by atoms with van der Waals surface area (Å²) >= 11 is 0. The van der Waals surface area contributed by atoms with E-state index in [1.165, 1.54) is 12.1 Å². The van der Waals surface area contributed by atoms with Crippen LogP contribution in [0.5, 0.6) is 0 Å². The molecule has 4 aromatic carbocycles. The second-order valence-corrected chi connectivity index (χ2v) is 7.92. The van der Waals surface area contributed by atoms with Crippen LogP contribution >= 0.6 is 0 Å². The van der Waals surface area contributed by atoms with Crippen molar-refractivity contribution in [2.45, 2.75) is 4.90 Å². The predicted octanol–water partition coefficient (Wildman–Crippen LogP) is 3.72. The number of hydrogen-bond donors (Lipinski definition) is 0. The van der Waals surface area contributed by atoms with Crippen molar-refractivity contribution >= 4 is 43.0 Å². The third-order valence-corrected chi connectivity index (χ3v) is 5.67. The van der Waals surface area contributed by atoms with Gasteiger partial charge in [-0.1, -0.05) is 36.4 Å². The molecule has 1 aromatic heterocycles. The maximum Gasteiger partial charge on any atom is 0.238 e. The van der Waals surface area contributed by atoms with Gasteiger partial charge in [-0.05, 0) is 29.7 Å². The zero-order valence-electron chi connectivity index (χ0n) is 14.6. The predicted molar refractivity (Wildman–Crippen MR) is 106 cm³/mol. The lowest BCUT2D eigenvalue weighted by Crippen LogP contribution is -2.33. The molecule has 0 atom stereocenters. The molecule has 0 spiro atoms. The van der Waals surface area contributed by atoms with Crippen LogP contribution in [0.2, 0.25) is 0 Å². The summed E-state index contributed by atoms with van der Waals surface area (Å²) in [6.07, 6.45) is 0. The van der Waals surface area contributed by atoms with Gasteiger partial charge in [-0.25, -0.2) is 13.4 Å². The monoisotopic (exact) mass is 386 g/mol. The molecule has 0 saturated heterocycles. The van der Waals surface area contributed by atoms with E-state index >= 15 is 0 Å². The first-order valence-electron chi connectivity index (χ1n) is 8.71. The summed E-state index contributed by atoms with van der Waals surface area (Å²) in [7, 11) is -4.51. The van der Waals surface area contributed by atoms with Gasteiger partial charge in [0.1, 0.15) is 21.2 Å². The van der Waals surface area contributed by atoms with Crippen LogP contribution in [-0.2, 0) is 10.1 Å². The Kier molecular flexibility index (Phi) is 3.65. The molecule has 28 heavy (non-hydrogen) atoms. The largest absolute Gasteiger partial charge is 0.744 e. The summed E-state index contributed by atoms with van der Waals surface area (Å²) in [5.74, 6) is 0. The van der Waals surface area contributed by atoms with Crippen LogP contribution in [0.3, 0.4) is 0 Å². The van der Waals surface area contributed by atoms with Crippen LogP contribution in [-0.4, -0.2) is 18.0 Å². The van der Waals surface area contributed by atoms with E-state index in [4.69, 9.17) is 4.98 Å². The summed E-state index contributed by atoms with van der Waals surface area (Å²) in [5, 5.41) is 1.45. The molecule has 6 heteroatoms. The number of fused-ring (bicyclic) bond motifs is 4. The van der Waals surface area contributed by atoms with Crippen molar-refractivity contribution in [3.05, 3.63) is 84.9 Å². The molecule has 0 radical (unpaired) electrons. The number of hydrogen-bond acceptors (Lipinski definition) is 4. The number of para-hydroxylation sites is 3. The zero-order chi connectivity index (χ0) is 19.3. The third-order valence-electron chi connectivity index (χ3n) is 4.84. The summed E-state index contributed by atoms with van der Waals surface area (Å²) in [6, 6.07) is 26.0. The van der Waals surface area contributed by atoms with Gasteiger partial charge in [0.15, 0.2) is 0 Å². The topological polar surface area (TPSA) is 74.0 Å². The molecule has 5 aromatic rings. The Morgan fingerprint density at radius 3 is 2.32 bits per heavy atom. The van der Waals surface area contributed by atoms with Gasteiger partial charge in [-0.3, -0.25) is 0 Å². The fourth-order valence-corrected chi connectivity index (χ4v) is 4.09. The fourth-order valence-electron chi connectivity index (χ4n) is 3.59. The molecule has 1 heterocycles. The van der Waals surface area contributed by atoms with Crippen molar-refractivity contribution in [2.24, 2.45) is 0 Å². The molecule has 0 aliphatic heterocycles. The highest BCUT2D eigenvalue weighted by Crippen LogP contribution is 2.27. The minimum atomic E-state index is -4.51. The van der Waals surface area contributed by atoms with Gasteiger partial charge in [-0.2, -0.15) is 0 Å². The van der Waals surface area contributed by atoms with E-state index in [9.17, 15) is 13.0 Å². The third kappa shape index (κ3) is 2.62. The second-order valence-electron chi connectivity index (χ2n) is 6.54. The smallest absolute Gasteiger partial charge is 0.238 e. The molecule has 0 bridgehead atoms. The van der Waals surface area contributed by atoms with Gasteiger partial charge in [0.05, 0.1) is 4.90 Å². The van der Waals surface area contributed by atoms with E-state index in [2.05, 4.69) is 4.57 Å².